The number of carbonyl (C=O) groups is 1. The molecule has 2 aromatic carbocycles. The largest absolute Gasteiger partial charge is 0.298 e. The molecule has 0 fully saturated rings. The Morgan fingerprint density at radius 2 is 1.08 bits per heavy atom. The molecule has 0 saturated heterocycles. The second-order valence-electron chi connectivity index (χ2n) is 5.65. The van der Waals surface area contributed by atoms with Gasteiger partial charge in [-0.15, -0.1) is 0 Å². The molecule has 0 radical (unpaired) electrons. The van der Waals surface area contributed by atoms with Crippen molar-refractivity contribution in [2.75, 3.05) is 6.26 Å². The van der Waals surface area contributed by atoms with E-state index in [2.05, 4.69) is 0 Å². The van der Waals surface area contributed by atoms with Crippen LogP contribution in [0.4, 0.5) is 0 Å². The molecule has 0 saturated carbocycles. The molecule has 144 valence electrons. The molecule has 0 heterocycles. The summed E-state index contributed by atoms with van der Waals surface area (Å²) in [5, 5.41) is 0. The molecule has 0 aromatic heterocycles. The molecule has 0 atom stereocenters. The van der Waals surface area contributed by atoms with Crippen molar-refractivity contribution in [3.05, 3.63) is 71.8 Å². The minimum absolute atomic E-state index is 0.191. The summed E-state index contributed by atoms with van der Waals surface area (Å²) in [4.78, 5) is 12.3. The lowest BCUT2D eigenvalue weighted by Gasteiger charge is -2.30. The molecule has 4 heteroatoms. The topological polar surface area (TPSA) is 51.2 Å². The Morgan fingerprint density at radius 1 is 0.769 bits per heavy atom. The third kappa shape index (κ3) is 6.41. The van der Waals surface area contributed by atoms with Crippen LogP contribution >= 0.6 is 0 Å². The SMILES string of the molecule is CC.CC.CC(=O)C(Cc1ccccc1)(Cc1ccccc1)S(C)(=O)=O. The van der Waals surface area contributed by atoms with Gasteiger partial charge in [-0.05, 0) is 30.9 Å². The van der Waals surface area contributed by atoms with E-state index >= 15 is 0 Å². The summed E-state index contributed by atoms with van der Waals surface area (Å²) >= 11 is 0. The Kier molecular flexibility index (Phi) is 10.8. The van der Waals surface area contributed by atoms with Crippen molar-refractivity contribution in [3.63, 3.8) is 0 Å². The van der Waals surface area contributed by atoms with Crippen molar-refractivity contribution >= 4 is 15.6 Å². The first-order chi connectivity index (χ1) is 12.3. The van der Waals surface area contributed by atoms with Gasteiger partial charge < -0.3 is 0 Å². The van der Waals surface area contributed by atoms with Gasteiger partial charge in [-0.3, -0.25) is 4.79 Å². The summed E-state index contributed by atoms with van der Waals surface area (Å²) in [6.07, 6.45) is 1.54. The van der Waals surface area contributed by atoms with E-state index in [-0.39, 0.29) is 18.6 Å². The molecule has 2 rings (SSSR count). The average molecular weight is 377 g/mol. The van der Waals surface area contributed by atoms with Crippen LogP contribution in [0.15, 0.2) is 60.7 Å². The standard InChI is InChI=1S/C18H20O3S.2C2H6/c1-15(19)18(22(2,20)21,13-16-9-5-3-6-10-16)14-17-11-7-4-8-12-17;2*1-2/h3-12H,13-14H2,1-2H3;2*1-2H3. The van der Waals surface area contributed by atoms with Gasteiger partial charge in [-0.1, -0.05) is 88.4 Å². The lowest BCUT2D eigenvalue weighted by atomic mass is 9.88. The molecular formula is C22H32O3S. The number of sulfone groups is 1. The van der Waals surface area contributed by atoms with Gasteiger partial charge in [-0.2, -0.15) is 0 Å². The first-order valence-corrected chi connectivity index (χ1v) is 11.0. The fraction of sp³-hybridized carbons (Fsp3) is 0.409. The van der Waals surface area contributed by atoms with E-state index in [4.69, 9.17) is 0 Å². The predicted octanol–water partition coefficient (Wildman–Crippen LogP) is 4.90. The van der Waals surface area contributed by atoms with Crippen molar-refractivity contribution in [1.82, 2.24) is 0 Å². The van der Waals surface area contributed by atoms with E-state index in [0.717, 1.165) is 17.4 Å². The zero-order valence-electron chi connectivity index (χ0n) is 16.8. The fourth-order valence-electron chi connectivity index (χ4n) is 2.69. The van der Waals surface area contributed by atoms with E-state index in [1.54, 1.807) is 0 Å². The second-order valence-corrected chi connectivity index (χ2v) is 7.97. The normalized spacial score (nSPS) is 10.7. The second kappa shape index (κ2) is 11.6. The molecule has 0 spiro atoms. The van der Waals surface area contributed by atoms with E-state index in [1.165, 1.54) is 6.92 Å². The van der Waals surface area contributed by atoms with E-state index < -0.39 is 14.6 Å². The number of benzene rings is 2. The maximum absolute atomic E-state index is 12.5. The summed E-state index contributed by atoms with van der Waals surface area (Å²) in [5.74, 6) is -0.317. The summed E-state index contributed by atoms with van der Waals surface area (Å²) in [6.45, 7) is 9.37. The van der Waals surface area contributed by atoms with Gasteiger partial charge in [0.25, 0.3) is 0 Å². The van der Waals surface area contributed by atoms with E-state index in [1.807, 2.05) is 88.4 Å². The third-order valence-corrected chi connectivity index (χ3v) is 6.01. The average Bonchev–Trinajstić information content (AvgIpc) is 2.65. The van der Waals surface area contributed by atoms with Crippen LogP contribution in [0.2, 0.25) is 0 Å². The van der Waals surface area contributed by atoms with Crippen LogP contribution in [0, 0.1) is 0 Å². The zero-order valence-corrected chi connectivity index (χ0v) is 17.6. The van der Waals surface area contributed by atoms with Gasteiger partial charge in [0.2, 0.25) is 0 Å². The van der Waals surface area contributed by atoms with Crippen molar-refractivity contribution < 1.29 is 13.2 Å². The number of Topliss-reactive ketones (excluding diaryl/α,β-unsaturated/α-hetero) is 1. The highest BCUT2D eigenvalue weighted by Gasteiger charge is 2.45. The first-order valence-electron chi connectivity index (χ1n) is 9.14. The van der Waals surface area contributed by atoms with Crippen molar-refractivity contribution in [3.8, 4) is 0 Å². The summed E-state index contributed by atoms with van der Waals surface area (Å²) in [7, 11) is -3.57. The van der Waals surface area contributed by atoms with E-state index in [0.29, 0.717) is 0 Å². The Bertz CT molecular complexity index is 694. The van der Waals surface area contributed by atoms with Crippen LogP contribution in [0.25, 0.3) is 0 Å². The molecule has 0 unspecified atom stereocenters. The van der Waals surface area contributed by atoms with Gasteiger partial charge >= 0.3 is 0 Å². The van der Waals surface area contributed by atoms with Crippen molar-refractivity contribution in [2.45, 2.75) is 52.2 Å². The number of hydrogen-bond donors (Lipinski definition) is 0. The molecule has 3 nitrogen and oxygen atoms in total. The number of carbonyl (C=O) groups excluding carboxylic acids is 1. The summed E-state index contributed by atoms with van der Waals surface area (Å²) < 4.78 is 23.5. The van der Waals surface area contributed by atoms with Gasteiger partial charge in [0.05, 0.1) is 0 Å². The molecule has 0 aliphatic carbocycles. The molecule has 2 aromatic rings. The fourth-order valence-corrected chi connectivity index (χ4v) is 4.07. The third-order valence-electron chi connectivity index (χ3n) is 4.02. The summed E-state index contributed by atoms with van der Waals surface area (Å²) in [6, 6.07) is 18.6. The highest BCUT2D eigenvalue weighted by molar-refractivity contribution is 7.92. The molecule has 0 N–H and O–H groups in total. The van der Waals surface area contributed by atoms with Crippen LogP contribution in [0.5, 0.6) is 0 Å². The van der Waals surface area contributed by atoms with Crippen LogP contribution in [0.1, 0.15) is 45.7 Å². The Labute approximate surface area is 159 Å². The quantitative estimate of drug-likeness (QED) is 0.721. The smallest absolute Gasteiger partial charge is 0.160 e. The highest BCUT2D eigenvalue weighted by Crippen LogP contribution is 2.28. The zero-order chi connectivity index (χ0) is 20.2. The van der Waals surface area contributed by atoms with Crippen LogP contribution in [0.3, 0.4) is 0 Å². The lowest BCUT2D eigenvalue weighted by molar-refractivity contribution is -0.119. The summed E-state index contributed by atoms with van der Waals surface area (Å²) in [5.41, 5.74) is 1.69. The van der Waals surface area contributed by atoms with Crippen molar-refractivity contribution in [2.24, 2.45) is 0 Å². The predicted molar refractivity (Wildman–Crippen MR) is 111 cm³/mol. The molecule has 0 bridgehead atoms. The minimum Gasteiger partial charge on any atom is -0.298 e. The molecule has 0 aliphatic rings. The lowest BCUT2D eigenvalue weighted by Crippen LogP contribution is -2.48. The van der Waals surface area contributed by atoms with Gasteiger partial charge in [-0.25, -0.2) is 8.42 Å². The molecule has 26 heavy (non-hydrogen) atoms. The van der Waals surface area contributed by atoms with Gasteiger partial charge in [0.15, 0.2) is 15.6 Å². The van der Waals surface area contributed by atoms with Crippen LogP contribution < -0.4 is 0 Å². The molecule has 0 aliphatic heterocycles. The monoisotopic (exact) mass is 376 g/mol. The Hall–Kier alpha value is -1.94. The van der Waals surface area contributed by atoms with E-state index in [9.17, 15) is 13.2 Å². The number of ketones is 1. The molecule has 0 amide bonds. The van der Waals surface area contributed by atoms with Gasteiger partial charge in [0, 0.05) is 6.26 Å². The molecular weight excluding hydrogens is 344 g/mol. The maximum Gasteiger partial charge on any atom is 0.160 e. The minimum atomic E-state index is -3.57. The number of hydrogen-bond acceptors (Lipinski definition) is 3. The Balaban J connectivity index is 0.00000146. The van der Waals surface area contributed by atoms with Crippen LogP contribution in [-0.2, 0) is 27.5 Å². The van der Waals surface area contributed by atoms with Crippen LogP contribution in [-0.4, -0.2) is 25.2 Å². The number of rotatable bonds is 6. The highest BCUT2D eigenvalue weighted by atomic mass is 32.2. The van der Waals surface area contributed by atoms with Crippen molar-refractivity contribution in [1.29, 1.82) is 0 Å². The van der Waals surface area contributed by atoms with Gasteiger partial charge in [0.1, 0.15) is 4.75 Å². The Morgan fingerprint density at radius 3 is 1.31 bits per heavy atom. The maximum atomic E-state index is 12.5. The first kappa shape index (κ1) is 24.1.